The Kier molecular flexibility index (Phi) is 4.20. The Morgan fingerprint density at radius 3 is 2.53 bits per heavy atom. The zero-order chi connectivity index (χ0) is 13.7. The summed E-state index contributed by atoms with van der Waals surface area (Å²) in [5, 5.41) is 12.4. The molecule has 0 unspecified atom stereocenters. The Morgan fingerprint density at radius 2 is 1.84 bits per heavy atom. The van der Waals surface area contributed by atoms with Gasteiger partial charge in [-0.3, -0.25) is 0 Å². The van der Waals surface area contributed by atoms with E-state index in [9.17, 15) is 0 Å². The van der Waals surface area contributed by atoms with Gasteiger partial charge in [0.2, 0.25) is 0 Å². The maximum absolute atomic E-state index is 8.94. The summed E-state index contributed by atoms with van der Waals surface area (Å²) in [7, 11) is 0. The molecule has 0 aliphatic carbocycles. The molecule has 2 rings (SSSR count). The van der Waals surface area contributed by atoms with Gasteiger partial charge in [-0.15, -0.1) is 0 Å². The van der Waals surface area contributed by atoms with E-state index in [0.29, 0.717) is 5.56 Å². The van der Waals surface area contributed by atoms with Crippen LogP contribution in [0.2, 0.25) is 0 Å². The molecule has 0 aliphatic rings. The molecule has 0 saturated heterocycles. The third-order valence-electron chi connectivity index (χ3n) is 3.34. The fourth-order valence-corrected chi connectivity index (χ4v) is 2.15. The number of nitrogens with one attached hydrogen (secondary N) is 1. The Bertz CT molecular complexity index is 609. The van der Waals surface area contributed by atoms with Crippen LogP contribution in [0.1, 0.15) is 29.2 Å². The number of anilines is 1. The second-order valence-electron chi connectivity index (χ2n) is 4.62. The van der Waals surface area contributed by atoms with Crippen LogP contribution in [0.3, 0.4) is 0 Å². The fourth-order valence-electron chi connectivity index (χ4n) is 2.15. The number of nitrogens with zero attached hydrogens (tertiary/aromatic N) is 1. The normalized spacial score (nSPS) is 9.95. The maximum atomic E-state index is 8.94. The van der Waals surface area contributed by atoms with Gasteiger partial charge in [0.25, 0.3) is 0 Å². The highest BCUT2D eigenvalue weighted by Gasteiger charge is 2.02. The van der Waals surface area contributed by atoms with E-state index in [1.807, 2.05) is 18.2 Å². The minimum Gasteiger partial charge on any atom is -0.381 e. The SMILES string of the molecule is CCc1ccccc1CNc1cc(C#N)ccc1C. The van der Waals surface area contributed by atoms with Crippen molar-refractivity contribution in [3.8, 4) is 6.07 Å². The lowest BCUT2D eigenvalue weighted by Gasteiger charge is -2.12. The van der Waals surface area contributed by atoms with Gasteiger partial charge in [-0.2, -0.15) is 5.26 Å². The lowest BCUT2D eigenvalue weighted by molar-refractivity contribution is 1.04. The zero-order valence-electron chi connectivity index (χ0n) is 11.4. The molecular weight excluding hydrogens is 232 g/mol. The second kappa shape index (κ2) is 6.06. The lowest BCUT2D eigenvalue weighted by Crippen LogP contribution is -2.04. The van der Waals surface area contributed by atoms with Gasteiger partial charge in [-0.05, 0) is 42.2 Å². The molecule has 0 heterocycles. The first kappa shape index (κ1) is 13.2. The number of aryl methyl sites for hydroxylation is 2. The summed E-state index contributed by atoms with van der Waals surface area (Å²) in [5.74, 6) is 0. The standard InChI is InChI=1S/C17H18N2/c1-3-15-6-4-5-7-16(15)12-19-17-10-14(11-18)9-8-13(17)2/h4-10,19H,3,12H2,1-2H3. The van der Waals surface area contributed by atoms with Crippen LogP contribution in [0.5, 0.6) is 0 Å². The molecule has 19 heavy (non-hydrogen) atoms. The van der Waals surface area contributed by atoms with Crippen molar-refractivity contribution in [2.45, 2.75) is 26.8 Å². The summed E-state index contributed by atoms with van der Waals surface area (Å²) in [6.45, 7) is 5.01. The molecule has 0 spiro atoms. The molecule has 2 aromatic carbocycles. The minimum absolute atomic E-state index is 0.692. The molecule has 2 aromatic rings. The molecule has 0 saturated carbocycles. The van der Waals surface area contributed by atoms with Crippen LogP contribution in [0, 0.1) is 18.3 Å². The quantitative estimate of drug-likeness (QED) is 0.888. The Labute approximate surface area is 114 Å². The topological polar surface area (TPSA) is 35.8 Å². The summed E-state index contributed by atoms with van der Waals surface area (Å²) in [5.41, 5.74) is 5.56. The minimum atomic E-state index is 0.692. The van der Waals surface area contributed by atoms with Gasteiger partial charge < -0.3 is 5.32 Å². The van der Waals surface area contributed by atoms with Crippen LogP contribution < -0.4 is 5.32 Å². The van der Waals surface area contributed by atoms with Gasteiger partial charge in [0, 0.05) is 12.2 Å². The summed E-state index contributed by atoms with van der Waals surface area (Å²) >= 11 is 0. The molecule has 0 aliphatic heterocycles. The third kappa shape index (κ3) is 3.14. The molecule has 1 N–H and O–H groups in total. The molecule has 0 atom stereocenters. The average Bonchev–Trinajstić information content (AvgIpc) is 2.46. The van der Waals surface area contributed by atoms with E-state index >= 15 is 0 Å². The Balaban J connectivity index is 2.17. The zero-order valence-corrected chi connectivity index (χ0v) is 11.4. The van der Waals surface area contributed by atoms with Crippen molar-refractivity contribution in [2.75, 3.05) is 5.32 Å². The highest BCUT2D eigenvalue weighted by molar-refractivity contribution is 5.55. The van der Waals surface area contributed by atoms with Crippen LogP contribution in [-0.4, -0.2) is 0 Å². The van der Waals surface area contributed by atoms with E-state index in [4.69, 9.17) is 5.26 Å². The molecule has 0 radical (unpaired) electrons. The van der Waals surface area contributed by atoms with Crippen molar-refractivity contribution in [1.29, 1.82) is 5.26 Å². The molecule has 0 aromatic heterocycles. The summed E-state index contributed by atoms with van der Waals surface area (Å²) < 4.78 is 0. The Morgan fingerprint density at radius 1 is 1.11 bits per heavy atom. The molecule has 0 fully saturated rings. The van der Waals surface area contributed by atoms with Gasteiger partial charge in [-0.1, -0.05) is 37.3 Å². The first-order valence-corrected chi connectivity index (χ1v) is 6.56. The first-order chi connectivity index (χ1) is 9.24. The van der Waals surface area contributed by atoms with Crippen LogP contribution >= 0.6 is 0 Å². The van der Waals surface area contributed by atoms with Gasteiger partial charge >= 0.3 is 0 Å². The molecule has 2 nitrogen and oxygen atoms in total. The fraction of sp³-hybridized carbons (Fsp3) is 0.235. The molecule has 2 heteroatoms. The van der Waals surface area contributed by atoms with Gasteiger partial charge in [0.15, 0.2) is 0 Å². The van der Waals surface area contributed by atoms with Gasteiger partial charge in [-0.25, -0.2) is 0 Å². The molecule has 0 bridgehead atoms. The van der Waals surface area contributed by atoms with Gasteiger partial charge in [0.1, 0.15) is 0 Å². The van der Waals surface area contributed by atoms with Crippen molar-refractivity contribution in [2.24, 2.45) is 0 Å². The summed E-state index contributed by atoms with van der Waals surface area (Å²) in [6.07, 6.45) is 1.04. The predicted molar refractivity (Wildman–Crippen MR) is 79.0 cm³/mol. The van der Waals surface area contributed by atoms with Crippen molar-refractivity contribution < 1.29 is 0 Å². The van der Waals surface area contributed by atoms with Crippen molar-refractivity contribution in [3.05, 3.63) is 64.7 Å². The van der Waals surface area contributed by atoms with E-state index in [-0.39, 0.29) is 0 Å². The molecular formula is C17H18N2. The smallest absolute Gasteiger partial charge is 0.0992 e. The first-order valence-electron chi connectivity index (χ1n) is 6.56. The number of rotatable bonds is 4. The van der Waals surface area contributed by atoms with Crippen molar-refractivity contribution >= 4 is 5.69 Å². The van der Waals surface area contributed by atoms with E-state index in [1.165, 1.54) is 11.1 Å². The lowest BCUT2D eigenvalue weighted by atomic mass is 10.0. The van der Waals surface area contributed by atoms with Crippen LogP contribution in [0.15, 0.2) is 42.5 Å². The number of nitriles is 1. The highest BCUT2D eigenvalue weighted by Crippen LogP contribution is 2.18. The van der Waals surface area contributed by atoms with E-state index in [2.05, 4.69) is 49.5 Å². The predicted octanol–water partition coefficient (Wildman–Crippen LogP) is 4.04. The average molecular weight is 250 g/mol. The van der Waals surface area contributed by atoms with E-state index < -0.39 is 0 Å². The third-order valence-corrected chi connectivity index (χ3v) is 3.34. The number of benzene rings is 2. The molecule has 96 valence electrons. The van der Waals surface area contributed by atoms with E-state index in [1.54, 1.807) is 0 Å². The van der Waals surface area contributed by atoms with Crippen LogP contribution in [-0.2, 0) is 13.0 Å². The van der Waals surface area contributed by atoms with Crippen molar-refractivity contribution in [1.82, 2.24) is 0 Å². The largest absolute Gasteiger partial charge is 0.381 e. The summed E-state index contributed by atoms with van der Waals surface area (Å²) in [6, 6.07) is 16.4. The molecule has 0 amide bonds. The number of hydrogen-bond acceptors (Lipinski definition) is 2. The number of hydrogen-bond donors (Lipinski definition) is 1. The summed E-state index contributed by atoms with van der Waals surface area (Å²) in [4.78, 5) is 0. The Hall–Kier alpha value is -2.27. The monoisotopic (exact) mass is 250 g/mol. The van der Waals surface area contributed by atoms with Crippen molar-refractivity contribution in [3.63, 3.8) is 0 Å². The van der Waals surface area contributed by atoms with E-state index in [0.717, 1.165) is 24.2 Å². The van der Waals surface area contributed by atoms with Gasteiger partial charge in [0.05, 0.1) is 11.6 Å². The van der Waals surface area contributed by atoms with Crippen LogP contribution in [0.25, 0.3) is 0 Å². The highest BCUT2D eigenvalue weighted by atomic mass is 14.9. The maximum Gasteiger partial charge on any atom is 0.0992 e. The second-order valence-corrected chi connectivity index (χ2v) is 4.62. The van der Waals surface area contributed by atoms with Crippen LogP contribution in [0.4, 0.5) is 5.69 Å².